The van der Waals surface area contributed by atoms with Gasteiger partial charge >= 0.3 is 0 Å². The Balaban J connectivity index is 1.50. The number of rotatable bonds is 7. The molecule has 1 aromatic rings. The van der Waals surface area contributed by atoms with E-state index in [4.69, 9.17) is 14.9 Å². The molecule has 1 saturated heterocycles. The first-order valence-electron chi connectivity index (χ1n) is 10.3. The van der Waals surface area contributed by atoms with Crippen molar-refractivity contribution in [1.29, 1.82) is 0 Å². The Bertz CT molecular complexity index is 724. The molecule has 3 aliphatic rings. The van der Waals surface area contributed by atoms with Gasteiger partial charge in [0.25, 0.3) is 0 Å². The van der Waals surface area contributed by atoms with E-state index in [1.54, 1.807) is 4.68 Å². The maximum atomic E-state index is 11.0. The first-order chi connectivity index (χ1) is 13.7. The molecule has 0 bridgehead atoms. The molecule has 28 heavy (non-hydrogen) atoms. The van der Waals surface area contributed by atoms with Crippen molar-refractivity contribution in [1.82, 2.24) is 24.9 Å². The van der Waals surface area contributed by atoms with Crippen molar-refractivity contribution < 1.29 is 14.9 Å². The summed E-state index contributed by atoms with van der Waals surface area (Å²) in [5, 5.41) is 28.1. The van der Waals surface area contributed by atoms with Crippen molar-refractivity contribution in [2.75, 3.05) is 52.5 Å². The predicted molar refractivity (Wildman–Crippen MR) is 106 cm³/mol. The van der Waals surface area contributed by atoms with E-state index in [0.29, 0.717) is 19.1 Å². The summed E-state index contributed by atoms with van der Waals surface area (Å²) in [6.07, 6.45) is 12.1. The fraction of sp³-hybridized carbons (Fsp3) is 0.650. The molecular formula is C20H31N5O3. The van der Waals surface area contributed by atoms with Crippen LogP contribution in [0.2, 0.25) is 0 Å². The molecule has 0 aromatic carbocycles. The highest BCUT2D eigenvalue weighted by atomic mass is 16.5. The van der Waals surface area contributed by atoms with Crippen molar-refractivity contribution in [3.8, 4) is 5.88 Å². The molecule has 0 amide bonds. The van der Waals surface area contributed by atoms with Gasteiger partial charge in [-0.15, -0.1) is 0 Å². The Morgan fingerprint density at radius 3 is 2.64 bits per heavy atom. The van der Waals surface area contributed by atoms with Crippen molar-refractivity contribution in [3.63, 3.8) is 0 Å². The Morgan fingerprint density at radius 1 is 1.11 bits per heavy atom. The number of aliphatic hydroxyl groups excluding tert-OH is 1. The Hall–Kier alpha value is -1.87. The maximum absolute atomic E-state index is 11.0. The van der Waals surface area contributed by atoms with Gasteiger partial charge in [-0.25, -0.2) is 0 Å². The first kappa shape index (κ1) is 19.4. The molecule has 1 fully saturated rings. The molecule has 154 valence electrons. The second-order valence-electron chi connectivity index (χ2n) is 7.62. The fourth-order valence-corrected chi connectivity index (χ4v) is 4.37. The number of aliphatic hydroxyl groups is 1. The largest absolute Gasteiger partial charge is 0.493 e. The third-order valence-electron chi connectivity index (χ3n) is 5.93. The van der Waals surface area contributed by atoms with Crippen molar-refractivity contribution in [2.24, 2.45) is 0 Å². The SMILES string of the molecule is OCCOCCN1CCN(C2(n3nc4c(c3O)CCCC4)C=CC=CN2)CC1. The van der Waals surface area contributed by atoms with Gasteiger partial charge in [-0.3, -0.25) is 9.80 Å². The van der Waals surface area contributed by atoms with E-state index in [-0.39, 0.29) is 6.61 Å². The van der Waals surface area contributed by atoms with E-state index in [1.165, 1.54) is 0 Å². The van der Waals surface area contributed by atoms with Crippen molar-refractivity contribution >= 4 is 0 Å². The molecule has 0 spiro atoms. The normalized spacial score (nSPS) is 25.6. The number of aromatic nitrogens is 2. The molecule has 0 saturated carbocycles. The van der Waals surface area contributed by atoms with Crippen LogP contribution in [0.4, 0.5) is 0 Å². The fourth-order valence-electron chi connectivity index (χ4n) is 4.37. The van der Waals surface area contributed by atoms with E-state index in [1.807, 2.05) is 18.4 Å². The van der Waals surface area contributed by atoms with Crippen LogP contribution in [0.25, 0.3) is 0 Å². The minimum absolute atomic E-state index is 0.0686. The lowest BCUT2D eigenvalue weighted by Crippen LogP contribution is -2.63. The van der Waals surface area contributed by atoms with E-state index in [2.05, 4.69) is 21.2 Å². The van der Waals surface area contributed by atoms with Crippen LogP contribution in [-0.2, 0) is 23.4 Å². The van der Waals surface area contributed by atoms with Gasteiger partial charge < -0.3 is 20.3 Å². The Kier molecular flexibility index (Phi) is 6.01. The van der Waals surface area contributed by atoms with E-state index in [9.17, 15) is 5.11 Å². The molecule has 0 radical (unpaired) electrons. The number of aryl methyl sites for hydroxylation is 1. The lowest BCUT2D eigenvalue weighted by atomic mass is 9.98. The number of dihydropyridines is 1. The van der Waals surface area contributed by atoms with Crippen molar-refractivity contribution in [2.45, 2.75) is 31.5 Å². The number of hydrogen-bond donors (Lipinski definition) is 3. The van der Waals surface area contributed by atoms with Gasteiger partial charge in [0.1, 0.15) is 0 Å². The Morgan fingerprint density at radius 2 is 1.93 bits per heavy atom. The summed E-state index contributed by atoms with van der Waals surface area (Å²) in [7, 11) is 0. The zero-order chi connectivity index (χ0) is 19.4. The number of hydrogen-bond acceptors (Lipinski definition) is 7. The summed E-state index contributed by atoms with van der Waals surface area (Å²) in [6.45, 7) is 5.53. The molecule has 8 nitrogen and oxygen atoms in total. The predicted octanol–water partition coefficient (Wildman–Crippen LogP) is 0.377. The summed E-state index contributed by atoms with van der Waals surface area (Å²) >= 11 is 0. The summed E-state index contributed by atoms with van der Waals surface area (Å²) in [5.41, 5.74) is 2.04. The van der Waals surface area contributed by atoms with E-state index < -0.39 is 5.79 Å². The number of allylic oxidation sites excluding steroid dienone is 2. The maximum Gasteiger partial charge on any atom is 0.216 e. The average Bonchev–Trinajstić information content (AvgIpc) is 3.09. The van der Waals surface area contributed by atoms with E-state index >= 15 is 0 Å². The summed E-state index contributed by atoms with van der Waals surface area (Å²) in [5.74, 6) is -0.377. The number of ether oxygens (including phenoxy) is 1. The second kappa shape index (κ2) is 8.65. The summed E-state index contributed by atoms with van der Waals surface area (Å²) < 4.78 is 7.18. The number of piperazine rings is 1. The lowest BCUT2D eigenvalue weighted by Gasteiger charge is -2.46. The quantitative estimate of drug-likeness (QED) is 0.581. The lowest BCUT2D eigenvalue weighted by molar-refractivity contribution is -0.0208. The summed E-state index contributed by atoms with van der Waals surface area (Å²) in [6, 6.07) is 0. The highest BCUT2D eigenvalue weighted by Crippen LogP contribution is 2.35. The third-order valence-corrected chi connectivity index (χ3v) is 5.93. The van der Waals surface area contributed by atoms with Crippen LogP contribution in [0.1, 0.15) is 24.1 Å². The Labute approximate surface area is 166 Å². The van der Waals surface area contributed by atoms with Gasteiger partial charge in [-0.2, -0.15) is 9.78 Å². The molecule has 1 aliphatic carbocycles. The molecule has 1 atom stereocenters. The zero-order valence-corrected chi connectivity index (χ0v) is 16.4. The second-order valence-corrected chi connectivity index (χ2v) is 7.62. The van der Waals surface area contributed by atoms with Gasteiger partial charge in [0.05, 0.1) is 25.5 Å². The van der Waals surface area contributed by atoms with Gasteiger partial charge in [0.2, 0.25) is 11.7 Å². The van der Waals surface area contributed by atoms with E-state index in [0.717, 1.165) is 69.7 Å². The smallest absolute Gasteiger partial charge is 0.216 e. The van der Waals surface area contributed by atoms with Crippen LogP contribution in [0, 0.1) is 0 Å². The highest BCUT2D eigenvalue weighted by Gasteiger charge is 2.42. The zero-order valence-electron chi connectivity index (χ0n) is 16.4. The van der Waals surface area contributed by atoms with Gasteiger partial charge in [0, 0.05) is 38.3 Å². The first-order valence-corrected chi connectivity index (χ1v) is 10.3. The van der Waals surface area contributed by atoms with Crippen LogP contribution < -0.4 is 5.32 Å². The van der Waals surface area contributed by atoms with Crippen molar-refractivity contribution in [3.05, 3.63) is 35.7 Å². The number of nitrogens with one attached hydrogen (secondary N) is 1. The molecule has 3 N–H and O–H groups in total. The van der Waals surface area contributed by atoms with Crippen LogP contribution in [0.3, 0.4) is 0 Å². The molecule has 4 rings (SSSR count). The van der Waals surface area contributed by atoms with Crippen LogP contribution >= 0.6 is 0 Å². The van der Waals surface area contributed by atoms with Gasteiger partial charge in [-0.05, 0) is 44.0 Å². The number of aromatic hydroxyl groups is 1. The minimum atomic E-state index is -0.671. The standard InChI is InChI=1S/C20H31N5O3/c26-14-16-28-15-13-23-9-11-24(12-10-23)20(7-3-4-8-21-20)25-19(27)17-5-1-2-6-18(17)22-25/h3-4,7-8,21,26-27H,1-2,5-6,9-16H2. The minimum Gasteiger partial charge on any atom is -0.493 e. The molecule has 3 heterocycles. The molecular weight excluding hydrogens is 358 g/mol. The summed E-state index contributed by atoms with van der Waals surface area (Å²) in [4.78, 5) is 4.72. The topological polar surface area (TPSA) is 86.0 Å². The third kappa shape index (κ3) is 3.69. The monoisotopic (exact) mass is 389 g/mol. The average molecular weight is 390 g/mol. The molecule has 1 aromatic heterocycles. The number of fused-ring (bicyclic) bond motifs is 1. The van der Waals surface area contributed by atoms with Crippen LogP contribution in [-0.4, -0.2) is 82.3 Å². The molecule has 1 unspecified atom stereocenters. The molecule has 2 aliphatic heterocycles. The highest BCUT2D eigenvalue weighted by molar-refractivity contribution is 5.35. The van der Waals surface area contributed by atoms with Crippen LogP contribution in [0.15, 0.2) is 24.4 Å². The number of nitrogens with zero attached hydrogens (tertiary/aromatic N) is 4. The van der Waals surface area contributed by atoms with Gasteiger partial charge in [-0.1, -0.05) is 6.08 Å². The molecule has 8 heteroatoms. The van der Waals surface area contributed by atoms with Crippen LogP contribution in [0.5, 0.6) is 5.88 Å². The van der Waals surface area contributed by atoms with Gasteiger partial charge in [0.15, 0.2) is 0 Å².